The summed E-state index contributed by atoms with van der Waals surface area (Å²) in [6.07, 6.45) is 1.38. The van der Waals surface area contributed by atoms with Crippen LogP contribution < -0.4 is 23.7 Å². The summed E-state index contributed by atoms with van der Waals surface area (Å²) in [5, 5.41) is 20.9. The Bertz CT molecular complexity index is 1400. The Labute approximate surface area is 207 Å². The predicted molar refractivity (Wildman–Crippen MR) is 130 cm³/mol. The summed E-state index contributed by atoms with van der Waals surface area (Å²) in [5.74, 6) is 1.40. The molecule has 2 aromatic carbocycles. The van der Waals surface area contributed by atoms with Crippen molar-refractivity contribution in [2.75, 3.05) is 35.0 Å². The molecule has 11 heteroatoms. The van der Waals surface area contributed by atoms with Crippen molar-refractivity contribution < 1.29 is 33.2 Å². The SMILES string of the molecule is CCOC(=O)c1c(-c2ccc(OC)c(OC)c2)c2cc(OC)c(OC)cc2[n+]([O-])c1Cc1nc[nH]n1. The molecule has 0 aliphatic rings. The van der Waals surface area contributed by atoms with Gasteiger partial charge >= 0.3 is 5.97 Å². The number of aromatic amines is 1. The van der Waals surface area contributed by atoms with Crippen LogP contribution in [0, 0.1) is 5.21 Å². The number of nitrogens with zero attached hydrogens (tertiary/aromatic N) is 3. The number of rotatable bonds is 9. The van der Waals surface area contributed by atoms with E-state index in [0.29, 0.717) is 50.1 Å². The van der Waals surface area contributed by atoms with Gasteiger partial charge in [0.05, 0.1) is 52.9 Å². The molecule has 0 spiro atoms. The van der Waals surface area contributed by atoms with E-state index in [1.165, 1.54) is 34.8 Å². The Morgan fingerprint density at radius 1 is 0.972 bits per heavy atom. The highest BCUT2D eigenvalue weighted by Gasteiger charge is 2.32. The molecule has 0 saturated carbocycles. The van der Waals surface area contributed by atoms with Crippen molar-refractivity contribution in [1.82, 2.24) is 15.2 Å². The predicted octanol–water partition coefficient (Wildman–Crippen LogP) is 3.06. The van der Waals surface area contributed by atoms with Gasteiger partial charge in [0.2, 0.25) is 11.2 Å². The molecule has 0 amide bonds. The van der Waals surface area contributed by atoms with Crippen molar-refractivity contribution in [3.8, 4) is 34.1 Å². The third-order valence-corrected chi connectivity index (χ3v) is 5.72. The lowest BCUT2D eigenvalue weighted by molar-refractivity contribution is -0.585. The maximum absolute atomic E-state index is 13.8. The lowest BCUT2D eigenvalue weighted by Crippen LogP contribution is -2.36. The summed E-state index contributed by atoms with van der Waals surface area (Å²) in [4.78, 5) is 17.5. The number of nitrogens with one attached hydrogen (secondary N) is 1. The van der Waals surface area contributed by atoms with Gasteiger partial charge in [-0.1, -0.05) is 6.07 Å². The molecule has 4 rings (SSSR count). The van der Waals surface area contributed by atoms with Crippen LogP contribution in [0.4, 0.5) is 0 Å². The number of esters is 1. The van der Waals surface area contributed by atoms with Gasteiger partial charge in [-0.2, -0.15) is 9.83 Å². The van der Waals surface area contributed by atoms with Gasteiger partial charge in [-0.05, 0) is 30.7 Å². The highest BCUT2D eigenvalue weighted by Crippen LogP contribution is 2.41. The standard InChI is InChI=1S/C25H26N4O7/c1-6-36-25(30)24-17(12-22-26-13-27-28-22)29(31)16-11-21(35-5)20(34-4)10-15(16)23(24)14-7-8-18(32-2)19(9-14)33-3/h7-11,13H,6,12H2,1-5H3,(H,26,27,28). The normalized spacial score (nSPS) is 10.8. The van der Waals surface area contributed by atoms with Gasteiger partial charge in [0.15, 0.2) is 28.8 Å². The maximum atomic E-state index is 13.8. The molecule has 0 saturated heterocycles. The molecule has 2 aromatic heterocycles. The molecule has 1 N–H and O–H groups in total. The van der Waals surface area contributed by atoms with Crippen molar-refractivity contribution >= 4 is 16.9 Å². The molecule has 0 bridgehead atoms. The first kappa shape index (κ1) is 24.6. The molecule has 0 unspecified atom stereocenters. The van der Waals surface area contributed by atoms with Crippen LogP contribution in [-0.4, -0.2) is 56.2 Å². The van der Waals surface area contributed by atoms with Gasteiger partial charge in [0.1, 0.15) is 11.9 Å². The van der Waals surface area contributed by atoms with Crippen molar-refractivity contribution in [2.24, 2.45) is 0 Å². The van der Waals surface area contributed by atoms with Crippen LogP contribution in [0.15, 0.2) is 36.7 Å². The summed E-state index contributed by atoms with van der Waals surface area (Å²) in [7, 11) is 6.03. The number of pyridine rings is 1. The van der Waals surface area contributed by atoms with Gasteiger partial charge < -0.3 is 28.9 Å². The van der Waals surface area contributed by atoms with E-state index >= 15 is 0 Å². The molecule has 36 heavy (non-hydrogen) atoms. The molecule has 4 aromatic rings. The van der Waals surface area contributed by atoms with E-state index in [9.17, 15) is 10.0 Å². The van der Waals surface area contributed by atoms with Crippen LogP contribution in [0.2, 0.25) is 0 Å². The first-order valence-electron chi connectivity index (χ1n) is 11.1. The fourth-order valence-electron chi connectivity index (χ4n) is 4.11. The van der Waals surface area contributed by atoms with Crippen molar-refractivity contribution in [2.45, 2.75) is 13.3 Å². The molecule has 188 valence electrons. The number of hydrogen-bond donors (Lipinski definition) is 1. The zero-order chi connectivity index (χ0) is 25.8. The van der Waals surface area contributed by atoms with Gasteiger partial charge in [-0.15, -0.1) is 0 Å². The Morgan fingerprint density at radius 3 is 2.25 bits per heavy atom. The smallest absolute Gasteiger partial charge is 0.345 e. The van der Waals surface area contributed by atoms with E-state index in [1.807, 2.05) is 0 Å². The highest BCUT2D eigenvalue weighted by molar-refractivity contribution is 6.07. The molecule has 0 aliphatic heterocycles. The number of carbonyl (C=O) groups is 1. The van der Waals surface area contributed by atoms with Crippen LogP contribution >= 0.6 is 0 Å². The second-order valence-electron chi connectivity index (χ2n) is 7.60. The maximum Gasteiger partial charge on any atom is 0.345 e. The van der Waals surface area contributed by atoms with Crippen LogP contribution in [0.25, 0.3) is 22.0 Å². The summed E-state index contributed by atoms with van der Waals surface area (Å²) >= 11 is 0. The van der Waals surface area contributed by atoms with E-state index < -0.39 is 5.97 Å². The molecule has 11 nitrogen and oxygen atoms in total. The first-order valence-corrected chi connectivity index (χ1v) is 11.1. The van der Waals surface area contributed by atoms with Crippen molar-refractivity contribution in [1.29, 1.82) is 0 Å². The Morgan fingerprint density at radius 2 is 1.64 bits per heavy atom. The molecule has 2 heterocycles. The molecular formula is C25H26N4O7. The van der Waals surface area contributed by atoms with E-state index in [2.05, 4.69) is 15.2 Å². The number of methoxy groups -OCH3 is 4. The lowest BCUT2D eigenvalue weighted by atomic mass is 9.92. The zero-order valence-corrected chi connectivity index (χ0v) is 20.6. The Balaban J connectivity index is 2.17. The summed E-state index contributed by atoms with van der Waals surface area (Å²) in [6.45, 7) is 1.82. The number of fused-ring (bicyclic) bond motifs is 1. The van der Waals surface area contributed by atoms with Gasteiger partial charge in [-0.25, -0.2) is 9.78 Å². The fraction of sp³-hybridized carbons (Fsp3) is 0.280. The molecule has 0 fully saturated rings. The average molecular weight is 495 g/mol. The van der Waals surface area contributed by atoms with E-state index in [-0.39, 0.29) is 29.8 Å². The minimum Gasteiger partial charge on any atom is -0.618 e. The number of H-pyrrole nitrogens is 1. The molecule has 0 aliphatic carbocycles. The number of benzene rings is 2. The number of aromatic nitrogens is 4. The Kier molecular flexibility index (Phi) is 7.09. The van der Waals surface area contributed by atoms with Crippen LogP contribution in [0.3, 0.4) is 0 Å². The molecule has 0 atom stereocenters. The third-order valence-electron chi connectivity index (χ3n) is 5.72. The van der Waals surface area contributed by atoms with Gasteiger partial charge in [-0.3, -0.25) is 5.10 Å². The largest absolute Gasteiger partial charge is 0.618 e. The molecular weight excluding hydrogens is 468 g/mol. The fourth-order valence-corrected chi connectivity index (χ4v) is 4.11. The van der Waals surface area contributed by atoms with Gasteiger partial charge in [0.25, 0.3) is 0 Å². The van der Waals surface area contributed by atoms with Crippen LogP contribution in [-0.2, 0) is 11.2 Å². The summed E-state index contributed by atoms with van der Waals surface area (Å²) in [5.41, 5.74) is 1.53. The number of hydrogen-bond acceptors (Lipinski definition) is 9. The first-order chi connectivity index (χ1) is 17.5. The topological polar surface area (TPSA) is 132 Å². The van der Waals surface area contributed by atoms with E-state index in [1.54, 1.807) is 37.3 Å². The van der Waals surface area contributed by atoms with Crippen LogP contribution in [0.5, 0.6) is 23.0 Å². The Hall–Kier alpha value is -4.54. The second kappa shape index (κ2) is 10.4. The summed E-state index contributed by atoms with van der Waals surface area (Å²) < 4.78 is 27.9. The van der Waals surface area contributed by atoms with Crippen LogP contribution in [0.1, 0.15) is 28.8 Å². The number of carbonyl (C=O) groups excluding carboxylic acids is 1. The minimum atomic E-state index is -0.658. The van der Waals surface area contributed by atoms with Crippen molar-refractivity contribution in [3.05, 3.63) is 58.9 Å². The minimum absolute atomic E-state index is 0.0221. The van der Waals surface area contributed by atoms with Crippen molar-refractivity contribution in [3.63, 3.8) is 0 Å². The highest BCUT2D eigenvalue weighted by atomic mass is 16.5. The third kappa shape index (κ3) is 4.30. The van der Waals surface area contributed by atoms with Gasteiger partial charge in [0, 0.05) is 5.56 Å². The zero-order valence-electron chi connectivity index (χ0n) is 20.6. The van der Waals surface area contributed by atoms with E-state index in [4.69, 9.17) is 23.7 Å². The second-order valence-corrected chi connectivity index (χ2v) is 7.60. The average Bonchev–Trinajstić information content (AvgIpc) is 3.42. The molecule has 0 radical (unpaired) electrons. The summed E-state index contributed by atoms with van der Waals surface area (Å²) in [6, 6.07) is 8.47. The quantitative estimate of drug-likeness (QED) is 0.212. The monoisotopic (exact) mass is 494 g/mol. The lowest BCUT2D eigenvalue weighted by Gasteiger charge is -2.19. The number of ether oxygens (including phenoxy) is 5. The van der Waals surface area contributed by atoms with E-state index in [0.717, 1.165) is 0 Å².